The maximum absolute atomic E-state index is 12.1. The molecule has 0 aliphatic rings. The van der Waals surface area contributed by atoms with Crippen molar-refractivity contribution in [2.75, 3.05) is 12.3 Å². The molecular weight excluding hydrogens is 400 g/mol. The second-order valence-corrected chi connectivity index (χ2v) is 7.83. The maximum atomic E-state index is 12.1. The van der Waals surface area contributed by atoms with Crippen LogP contribution in [0.15, 0.2) is 33.6 Å². The van der Waals surface area contributed by atoms with Gasteiger partial charge in [0, 0.05) is 28.1 Å². The van der Waals surface area contributed by atoms with Crippen molar-refractivity contribution in [3.05, 3.63) is 28.7 Å². The smallest absolute Gasteiger partial charge is 0.220 e. The number of rotatable bonds is 9. The average Bonchev–Trinajstić information content (AvgIpc) is 2.53. The van der Waals surface area contributed by atoms with Crippen molar-refractivity contribution in [1.29, 1.82) is 0 Å². The van der Waals surface area contributed by atoms with Crippen LogP contribution in [0, 0.1) is 0 Å². The summed E-state index contributed by atoms with van der Waals surface area (Å²) in [6.07, 6.45) is 2.61. The number of carbonyl (C=O) groups is 1. The largest absolute Gasteiger partial charge is 0.349 e. The van der Waals surface area contributed by atoms with Crippen molar-refractivity contribution in [3.63, 3.8) is 0 Å². The molecule has 7 heteroatoms. The first kappa shape index (κ1) is 22.6. The van der Waals surface area contributed by atoms with Crippen LogP contribution in [0.5, 0.6) is 0 Å². The van der Waals surface area contributed by atoms with Gasteiger partial charge < -0.3 is 11.1 Å². The highest BCUT2D eigenvalue weighted by atomic mass is 79.9. The van der Waals surface area contributed by atoms with Crippen molar-refractivity contribution in [3.8, 4) is 0 Å². The SMILES string of the molecule is CCC(CC)(CN)NC(=O)CCCS(=O)c1ccc(Br)cc1.Cl. The number of hydrogen-bond donors (Lipinski definition) is 2. The summed E-state index contributed by atoms with van der Waals surface area (Å²) in [5.41, 5.74) is 5.47. The molecule has 0 aromatic heterocycles. The molecule has 132 valence electrons. The summed E-state index contributed by atoms with van der Waals surface area (Å²) in [5, 5.41) is 3.03. The first-order valence-electron chi connectivity index (χ1n) is 7.61. The first-order valence-corrected chi connectivity index (χ1v) is 9.72. The summed E-state index contributed by atoms with van der Waals surface area (Å²) in [6, 6.07) is 7.43. The minimum Gasteiger partial charge on any atom is -0.349 e. The van der Waals surface area contributed by atoms with Crippen molar-refractivity contribution in [1.82, 2.24) is 5.32 Å². The van der Waals surface area contributed by atoms with Crippen LogP contribution in [0.2, 0.25) is 0 Å². The summed E-state index contributed by atoms with van der Waals surface area (Å²) < 4.78 is 13.1. The highest BCUT2D eigenvalue weighted by Gasteiger charge is 2.25. The molecule has 0 radical (unpaired) electrons. The fourth-order valence-corrected chi connectivity index (χ4v) is 3.54. The Morgan fingerprint density at radius 1 is 1.26 bits per heavy atom. The molecule has 0 heterocycles. The van der Waals surface area contributed by atoms with Crippen LogP contribution in [0.1, 0.15) is 39.5 Å². The number of nitrogens with two attached hydrogens (primary N) is 1. The van der Waals surface area contributed by atoms with Gasteiger partial charge in [0.2, 0.25) is 5.91 Å². The fourth-order valence-electron chi connectivity index (χ4n) is 2.19. The van der Waals surface area contributed by atoms with Crippen LogP contribution in [0.3, 0.4) is 0 Å². The summed E-state index contributed by atoms with van der Waals surface area (Å²) in [6.45, 7) is 4.50. The van der Waals surface area contributed by atoms with Gasteiger partial charge in [-0.25, -0.2) is 0 Å². The molecule has 1 atom stereocenters. The summed E-state index contributed by atoms with van der Waals surface area (Å²) in [5.74, 6) is 0.477. The molecule has 0 saturated carbocycles. The van der Waals surface area contributed by atoms with Gasteiger partial charge in [-0.3, -0.25) is 9.00 Å². The molecule has 3 N–H and O–H groups in total. The molecule has 0 bridgehead atoms. The molecule has 1 aromatic carbocycles. The molecule has 0 aliphatic heterocycles. The Bertz CT molecular complexity index is 499. The van der Waals surface area contributed by atoms with Crippen LogP contribution in [0.25, 0.3) is 0 Å². The highest BCUT2D eigenvalue weighted by Crippen LogP contribution is 2.15. The maximum Gasteiger partial charge on any atom is 0.220 e. The quantitative estimate of drug-likeness (QED) is 0.637. The lowest BCUT2D eigenvalue weighted by Gasteiger charge is -2.31. The molecule has 1 amide bonds. The predicted octanol–water partition coefficient (Wildman–Crippen LogP) is 3.39. The lowest BCUT2D eigenvalue weighted by molar-refractivity contribution is -0.123. The van der Waals surface area contributed by atoms with E-state index in [0.29, 0.717) is 25.1 Å². The van der Waals surface area contributed by atoms with Crippen LogP contribution >= 0.6 is 28.3 Å². The van der Waals surface area contributed by atoms with Gasteiger partial charge in [0.25, 0.3) is 0 Å². The number of carbonyl (C=O) groups excluding carboxylic acids is 1. The van der Waals surface area contributed by atoms with E-state index in [1.54, 1.807) is 0 Å². The Hall–Kier alpha value is -0.430. The first-order chi connectivity index (χ1) is 10.5. The molecule has 1 aromatic rings. The summed E-state index contributed by atoms with van der Waals surface area (Å²) in [4.78, 5) is 12.8. The number of nitrogens with one attached hydrogen (secondary N) is 1. The molecule has 0 spiro atoms. The topological polar surface area (TPSA) is 72.2 Å². The molecule has 23 heavy (non-hydrogen) atoms. The van der Waals surface area contributed by atoms with Gasteiger partial charge in [0.15, 0.2) is 0 Å². The average molecular weight is 426 g/mol. The Labute approximate surface area is 156 Å². The van der Waals surface area contributed by atoms with E-state index in [-0.39, 0.29) is 23.9 Å². The number of hydrogen-bond acceptors (Lipinski definition) is 3. The number of amides is 1. The van der Waals surface area contributed by atoms with E-state index >= 15 is 0 Å². The second-order valence-electron chi connectivity index (χ2n) is 5.35. The lowest BCUT2D eigenvalue weighted by Crippen LogP contribution is -2.52. The van der Waals surface area contributed by atoms with Gasteiger partial charge in [-0.1, -0.05) is 29.8 Å². The monoisotopic (exact) mass is 424 g/mol. The van der Waals surface area contributed by atoms with E-state index in [1.807, 2.05) is 38.1 Å². The molecule has 1 rings (SSSR count). The minimum atomic E-state index is -1.06. The molecule has 0 aliphatic carbocycles. The Kier molecular flexibility index (Phi) is 11.0. The Balaban J connectivity index is 0.00000484. The third-order valence-electron chi connectivity index (χ3n) is 3.96. The zero-order valence-electron chi connectivity index (χ0n) is 13.6. The highest BCUT2D eigenvalue weighted by molar-refractivity contribution is 9.10. The fraction of sp³-hybridized carbons (Fsp3) is 0.562. The van der Waals surface area contributed by atoms with Gasteiger partial charge in [-0.15, -0.1) is 12.4 Å². The Morgan fingerprint density at radius 2 is 1.83 bits per heavy atom. The molecule has 0 saturated heterocycles. The zero-order chi connectivity index (χ0) is 16.6. The van der Waals surface area contributed by atoms with Gasteiger partial charge in [-0.2, -0.15) is 0 Å². The van der Waals surface area contributed by atoms with Crippen molar-refractivity contribution < 1.29 is 9.00 Å². The minimum absolute atomic E-state index is 0. The van der Waals surface area contributed by atoms with E-state index < -0.39 is 10.8 Å². The third-order valence-corrected chi connectivity index (χ3v) is 5.95. The molecule has 4 nitrogen and oxygen atoms in total. The van der Waals surface area contributed by atoms with E-state index in [4.69, 9.17) is 5.73 Å². The predicted molar refractivity (Wildman–Crippen MR) is 102 cm³/mol. The van der Waals surface area contributed by atoms with Crippen molar-refractivity contribution in [2.24, 2.45) is 5.73 Å². The second kappa shape index (κ2) is 11.2. The van der Waals surface area contributed by atoms with Crippen LogP contribution < -0.4 is 11.1 Å². The van der Waals surface area contributed by atoms with E-state index in [0.717, 1.165) is 22.2 Å². The van der Waals surface area contributed by atoms with E-state index in [1.165, 1.54) is 0 Å². The van der Waals surface area contributed by atoms with Gasteiger partial charge >= 0.3 is 0 Å². The van der Waals surface area contributed by atoms with Crippen molar-refractivity contribution >= 4 is 45.0 Å². The zero-order valence-corrected chi connectivity index (χ0v) is 16.9. The molecular formula is C16H26BrClN2O2S. The van der Waals surface area contributed by atoms with Crippen LogP contribution in [0.4, 0.5) is 0 Å². The normalized spacial score (nSPS) is 12.3. The van der Waals surface area contributed by atoms with Gasteiger partial charge in [0.05, 0.1) is 16.3 Å². The van der Waals surface area contributed by atoms with Crippen LogP contribution in [-0.4, -0.2) is 28.0 Å². The standard InChI is InChI=1S/C16H25BrN2O2S.ClH/c1-3-16(4-2,12-18)19-15(20)6-5-11-22(21)14-9-7-13(17)8-10-14;/h7-10H,3-6,11-12,18H2,1-2H3,(H,19,20);1H. The summed E-state index contributed by atoms with van der Waals surface area (Å²) in [7, 11) is -1.06. The Morgan fingerprint density at radius 3 is 2.30 bits per heavy atom. The lowest BCUT2D eigenvalue weighted by atomic mass is 9.93. The van der Waals surface area contributed by atoms with E-state index in [2.05, 4.69) is 21.2 Å². The molecule has 0 fully saturated rings. The van der Waals surface area contributed by atoms with Gasteiger partial charge in [-0.05, 0) is 43.5 Å². The third kappa shape index (κ3) is 7.33. The number of halogens is 2. The van der Waals surface area contributed by atoms with Crippen molar-refractivity contribution in [2.45, 2.75) is 50.0 Å². The molecule has 1 unspecified atom stereocenters. The number of benzene rings is 1. The van der Waals surface area contributed by atoms with Gasteiger partial charge in [0.1, 0.15) is 0 Å². The van der Waals surface area contributed by atoms with Crippen LogP contribution in [-0.2, 0) is 15.6 Å². The van der Waals surface area contributed by atoms with E-state index in [9.17, 15) is 9.00 Å². The summed E-state index contributed by atoms with van der Waals surface area (Å²) >= 11 is 3.35.